The molecule has 3 N–H and O–H groups in total. The molecule has 1 heterocycles. The second kappa shape index (κ2) is 7.48. The first-order valence-electron chi connectivity index (χ1n) is 6.27. The Bertz CT molecular complexity index is 350. The number of nitrogens with two attached hydrogens (primary N) is 1. The van der Waals surface area contributed by atoms with Crippen molar-refractivity contribution < 1.29 is 9.47 Å². The molecule has 1 aromatic heterocycles. The lowest BCUT2D eigenvalue weighted by atomic mass is 10.1. The molecule has 0 saturated carbocycles. The molecule has 1 atom stereocenters. The van der Waals surface area contributed by atoms with Crippen LogP contribution in [0.3, 0.4) is 0 Å². The highest BCUT2D eigenvalue weighted by molar-refractivity contribution is 5.12. The summed E-state index contributed by atoms with van der Waals surface area (Å²) in [5.74, 6) is 5.56. The van der Waals surface area contributed by atoms with Crippen molar-refractivity contribution in [3.05, 3.63) is 17.5 Å². The first kappa shape index (κ1) is 15.1. The smallest absolute Gasteiger partial charge is 0.173 e. The van der Waals surface area contributed by atoms with E-state index in [2.05, 4.69) is 30.4 Å². The number of nitrogens with zero attached hydrogens (tertiary/aromatic N) is 2. The third-order valence-corrected chi connectivity index (χ3v) is 3.01. The average molecular weight is 256 g/mol. The molecule has 0 aliphatic carbocycles. The largest absolute Gasteiger partial charge is 0.354 e. The van der Waals surface area contributed by atoms with Gasteiger partial charge in [0.2, 0.25) is 0 Å². The van der Waals surface area contributed by atoms with E-state index in [-0.39, 0.29) is 12.3 Å². The number of aryl methyl sites for hydroxylation is 2. The fourth-order valence-corrected chi connectivity index (χ4v) is 2.01. The molecular formula is C12H24N4O2. The van der Waals surface area contributed by atoms with Gasteiger partial charge in [0, 0.05) is 32.9 Å². The molecule has 18 heavy (non-hydrogen) atoms. The number of ether oxygens (including phenoxy) is 2. The van der Waals surface area contributed by atoms with E-state index < -0.39 is 0 Å². The van der Waals surface area contributed by atoms with Crippen LogP contribution >= 0.6 is 0 Å². The standard InChI is InChI=1S/C12H24N4O2/c1-5-9-7-10(16(6-2)15-9)8-11(14-13)12(17-3)18-4/h7,11-12,14H,5-6,8,13H2,1-4H3. The molecule has 0 aliphatic rings. The Balaban J connectivity index is 2.83. The maximum Gasteiger partial charge on any atom is 0.173 e. The molecule has 0 radical (unpaired) electrons. The highest BCUT2D eigenvalue weighted by Crippen LogP contribution is 2.11. The van der Waals surface area contributed by atoms with Crippen LogP contribution in [0, 0.1) is 0 Å². The van der Waals surface area contributed by atoms with E-state index in [1.54, 1.807) is 14.2 Å². The summed E-state index contributed by atoms with van der Waals surface area (Å²) in [6, 6.07) is 2.00. The van der Waals surface area contributed by atoms with E-state index in [9.17, 15) is 0 Å². The molecule has 6 nitrogen and oxygen atoms in total. The average Bonchev–Trinajstić information content (AvgIpc) is 2.81. The fraction of sp³-hybridized carbons (Fsp3) is 0.750. The number of hydrazine groups is 1. The Kier molecular flexibility index (Phi) is 6.28. The van der Waals surface area contributed by atoms with Crippen molar-refractivity contribution in [2.24, 2.45) is 5.84 Å². The Morgan fingerprint density at radius 1 is 1.39 bits per heavy atom. The number of methoxy groups -OCH3 is 2. The molecule has 104 valence electrons. The Hall–Kier alpha value is -0.950. The molecule has 1 unspecified atom stereocenters. The van der Waals surface area contributed by atoms with Gasteiger partial charge in [-0.3, -0.25) is 16.0 Å². The molecule has 0 fully saturated rings. The van der Waals surface area contributed by atoms with E-state index in [1.165, 1.54) is 0 Å². The minimum absolute atomic E-state index is 0.105. The molecule has 1 rings (SSSR count). The van der Waals surface area contributed by atoms with Gasteiger partial charge in [-0.25, -0.2) is 0 Å². The highest BCUT2D eigenvalue weighted by Gasteiger charge is 2.22. The van der Waals surface area contributed by atoms with Gasteiger partial charge in [-0.05, 0) is 19.4 Å². The van der Waals surface area contributed by atoms with Gasteiger partial charge in [0.1, 0.15) is 0 Å². The number of aromatic nitrogens is 2. The Morgan fingerprint density at radius 2 is 2.06 bits per heavy atom. The normalized spacial score (nSPS) is 13.2. The van der Waals surface area contributed by atoms with Crippen molar-refractivity contribution in [2.45, 2.75) is 45.6 Å². The summed E-state index contributed by atoms with van der Waals surface area (Å²) in [7, 11) is 3.21. The summed E-state index contributed by atoms with van der Waals surface area (Å²) in [5.41, 5.74) is 4.97. The molecule has 0 aliphatic heterocycles. The van der Waals surface area contributed by atoms with Crippen LogP contribution in [0.1, 0.15) is 25.2 Å². The van der Waals surface area contributed by atoms with Gasteiger partial charge in [-0.2, -0.15) is 5.10 Å². The molecule has 0 saturated heterocycles. The minimum atomic E-state index is -0.375. The van der Waals surface area contributed by atoms with Crippen molar-refractivity contribution >= 4 is 0 Å². The predicted molar refractivity (Wildman–Crippen MR) is 69.9 cm³/mol. The number of hydrogen-bond donors (Lipinski definition) is 2. The van der Waals surface area contributed by atoms with Crippen molar-refractivity contribution in [3.63, 3.8) is 0 Å². The molecule has 0 aromatic carbocycles. The van der Waals surface area contributed by atoms with Crippen LogP contribution in [-0.4, -0.2) is 36.3 Å². The van der Waals surface area contributed by atoms with Crippen LogP contribution in [0.5, 0.6) is 0 Å². The van der Waals surface area contributed by atoms with E-state index >= 15 is 0 Å². The number of nitrogens with one attached hydrogen (secondary N) is 1. The quantitative estimate of drug-likeness (QED) is 0.401. The summed E-state index contributed by atoms with van der Waals surface area (Å²) in [5, 5.41) is 4.51. The van der Waals surface area contributed by atoms with Gasteiger partial charge < -0.3 is 9.47 Å². The maximum atomic E-state index is 5.56. The molecule has 0 bridgehead atoms. The number of rotatable bonds is 8. The minimum Gasteiger partial charge on any atom is -0.354 e. The lowest BCUT2D eigenvalue weighted by molar-refractivity contribution is -0.122. The molecule has 0 spiro atoms. The van der Waals surface area contributed by atoms with Crippen molar-refractivity contribution in [3.8, 4) is 0 Å². The van der Waals surface area contributed by atoms with Crippen LogP contribution < -0.4 is 11.3 Å². The van der Waals surface area contributed by atoms with Crippen molar-refractivity contribution in [1.82, 2.24) is 15.2 Å². The van der Waals surface area contributed by atoms with E-state index in [0.717, 1.165) is 24.4 Å². The Morgan fingerprint density at radius 3 is 2.50 bits per heavy atom. The third-order valence-electron chi connectivity index (χ3n) is 3.01. The fourth-order valence-electron chi connectivity index (χ4n) is 2.01. The Labute approximate surface area is 108 Å². The zero-order valence-corrected chi connectivity index (χ0v) is 11.6. The van der Waals surface area contributed by atoms with Crippen molar-refractivity contribution in [2.75, 3.05) is 14.2 Å². The lowest BCUT2D eigenvalue weighted by Crippen LogP contribution is -2.47. The van der Waals surface area contributed by atoms with Gasteiger partial charge in [0.05, 0.1) is 11.7 Å². The molecule has 6 heteroatoms. The summed E-state index contributed by atoms with van der Waals surface area (Å²) in [4.78, 5) is 0. The van der Waals surface area contributed by atoms with E-state index in [0.29, 0.717) is 6.42 Å². The SMILES string of the molecule is CCc1cc(CC(NN)C(OC)OC)n(CC)n1. The zero-order valence-electron chi connectivity index (χ0n) is 11.6. The van der Waals surface area contributed by atoms with Gasteiger partial charge in [0.25, 0.3) is 0 Å². The van der Waals surface area contributed by atoms with Crippen molar-refractivity contribution in [1.29, 1.82) is 0 Å². The van der Waals surface area contributed by atoms with Crippen LogP contribution in [0.25, 0.3) is 0 Å². The lowest BCUT2D eigenvalue weighted by Gasteiger charge is -2.24. The second-order valence-corrected chi connectivity index (χ2v) is 4.11. The van der Waals surface area contributed by atoms with E-state index in [1.807, 2.05) is 4.68 Å². The third kappa shape index (κ3) is 3.52. The van der Waals surface area contributed by atoms with Gasteiger partial charge in [0.15, 0.2) is 6.29 Å². The summed E-state index contributed by atoms with van der Waals surface area (Å²) < 4.78 is 12.5. The maximum absolute atomic E-state index is 5.56. The number of hydrogen-bond acceptors (Lipinski definition) is 5. The highest BCUT2D eigenvalue weighted by atomic mass is 16.7. The predicted octanol–water partition coefficient (Wildman–Crippen LogP) is 0.459. The first-order valence-corrected chi connectivity index (χ1v) is 6.27. The molecule has 0 amide bonds. The molecular weight excluding hydrogens is 232 g/mol. The first-order chi connectivity index (χ1) is 8.69. The molecule has 1 aromatic rings. The zero-order chi connectivity index (χ0) is 13.5. The van der Waals surface area contributed by atoms with Gasteiger partial charge in [-0.1, -0.05) is 6.92 Å². The monoisotopic (exact) mass is 256 g/mol. The van der Waals surface area contributed by atoms with Crippen LogP contribution in [0.15, 0.2) is 6.07 Å². The topological polar surface area (TPSA) is 74.3 Å². The van der Waals surface area contributed by atoms with Gasteiger partial charge >= 0.3 is 0 Å². The van der Waals surface area contributed by atoms with E-state index in [4.69, 9.17) is 15.3 Å². The van der Waals surface area contributed by atoms with Crippen LogP contribution in [-0.2, 0) is 28.9 Å². The van der Waals surface area contributed by atoms with Gasteiger partial charge in [-0.15, -0.1) is 0 Å². The summed E-state index contributed by atoms with van der Waals surface area (Å²) in [6.07, 6.45) is 1.27. The summed E-state index contributed by atoms with van der Waals surface area (Å²) in [6.45, 7) is 5.01. The van der Waals surface area contributed by atoms with Crippen LogP contribution in [0.4, 0.5) is 0 Å². The van der Waals surface area contributed by atoms with Crippen LogP contribution in [0.2, 0.25) is 0 Å². The second-order valence-electron chi connectivity index (χ2n) is 4.11. The summed E-state index contributed by atoms with van der Waals surface area (Å²) >= 11 is 0.